The molecule has 0 saturated heterocycles. The van der Waals surface area contributed by atoms with Crippen molar-refractivity contribution in [2.24, 2.45) is 0 Å². The maximum absolute atomic E-state index is 12.9. The molecule has 0 aliphatic heterocycles. The minimum atomic E-state index is -3.61. The van der Waals surface area contributed by atoms with Gasteiger partial charge in [0.25, 0.3) is 0 Å². The Bertz CT molecular complexity index is 1450. The fraction of sp³-hybridized carbons (Fsp3) is 0.241. The molecule has 7 nitrogen and oxygen atoms in total. The van der Waals surface area contributed by atoms with Gasteiger partial charge in [-0.05, 0) is 41.7 Å². The molecule has 0 fully saturated rings. The Labute approximate surface area is 217 Å². The molecule has 1 aliphatic rings. The third-order valence-electron chi connectivity index (χ3n) is 6.56. The number of sulfonamides is 1. The molecular formula is C29H29N3O4S. The van der Waals surface area contributed by atoms with Crippen molar-refractivity contribution in [1.29, 1.82) is 0 Å². The average Bonchev–Trinajstić information content (AvgIpc) is 3.42. The minimum Gasteiger partial charge on any atom is -0.484 e. The van der Waals surface area contributed by atoms with E-state index in [0.29, 0.717) is 41.8 Å². The zero-order valence-corrected chi connectivity index (χ0v) is 21.2. The number of carbonyl (C=O) groups is 1. The molecule has 8 heteroatoms. The van der Waals surface area contributed by atoms with Gasteiger partial charge in [-0.25, -0.2) is 18.1 Å². The van der Waals surface area contributed by atoms with Crippen molar-refractivity contribution in [1.82, 2.24) is 14.3 Å². The molecule has 0 radical (unpaired) electrons. The Morgan fingerprint density at radius 2 is 1.73 bits per heavy atom. The number of imidazole rings is 1. The minimum absolute atomic E-state index is 0.0491. The molecule has 37 heavy (non-hydrogen) atoms. The molecule has 4 aromatic rings. The van der Waals surface area contributed by atoms with Gasteiger partial charge in [-0.15, -0.1) is 0 Å². The van der Waals surface area contributed by atoms with E-state index in [4.69, 9.17) is 4.74 Å². The molecule has 0 saturated carbocycles. The van der Waals surface area contributed by atoms with Crippen molar-refractivity contribution < 1.29 is 17.9 Å². The molecule has 190 valence electrons. The molecule has 0 amide bonds. The largest absolute Gasteiger partial charge is 0.484 e. The fourth-order valence-corrected chi connectivity index (χ4v) is 5.83. The summed E-state index contributed by atoms with van der Waals surface area (Å²) in [4.78, 5) is 16.8. The van der Waals surface area contributed by atoms with Gasteiger partial charge in [0.1, 0.15) is 11.9 Å². The first-order valence-electron chi connectivity index (χ1n) is 12.3. The van der Waals surface area contributed by atoms with E-state index in [1.54, 1.807) is 30.7 Å². The van der Waals surface area contributed by atoms with Crippen LogP contribution < -0.4 is 9.46 Å². The molecule has 1 aromatic heterocycles. The van der Waals surface area contributed by atoms with E-state index in [0.717, 1.165) is 17.5 Å². The number of Topliss-reactive ketones (excluding diaryl/α,β-unsaturated/α-hetero) is 1. The van der Waals surface area contributed by atoms with Crippen LogP contribution in [0.4, 0.5) is 0 Å². The number of carbonyl (C=O) groups excluding carboxylic acids is 1. The lowest BCUT2D eigenvalue weighted by molar-refractivity contribution is 0.0972. The number of ketones is 1. The summed E-state index contributed by atoms with van der Waals surface area (Å²) in [6.45, 7) is 0.576. The average molecular weight is 516 g/mol. The monoisotopic (exact) mass is 515 g/mol. The lowest BCUT2D eigenvalue weighted by Crippen LogP contribution is -2.27. The molecule has 0 spiro atoms. The van der Waals surface area contributed by atoms with E-state index >= 15 is 0 Å². The molecule has 1 atom stereocenters. The maximum atomic E-state index is 12.9. The number of ether oxygens (including phenoxy) is 1. The summed E-state index contributed by atoms with van der Waals surface area (Å²) in [6.07, 6.45) is 6.93. The molecule has 0 bridgehead atoms. The first kappa shape index (κ1) is 24.9. The van der Waals surface area contributed by atoms with Crippen LogP contribution in [0.15, 0.2) is 91.5 Å². The second-order valence-electron chi connectivity index (χ2n) is 9.19. The summed E-state index contributed by atoms with van der Waals surface area (Å²) in [5.74, 6) is 0.537. The fourth-order valence-electron chi connectivity index (χ4n) is 4.73. The van der Waals surface area contributed by atoms with Gasteiger partial charge in [-0.1, -0.05) is 60.7 Å². The number of hydrogen-bond acceptors (Lipinski definition) is 5. The third-order valence-corrected chi connectivity index (χ3v) is 7.86. The molecule has 0 unspecified atom stereocenters. The quantitative estimate of drug-likeness (QED) is 0.326. The van der Waals surface area contributed by atoms with Crippen molar-refractivity contribution in [3.63, 3.8) is 0 Å². The van der Waals surface area contributed by atoms with Gasteiger partial charge < -0.3 is 9.30 Å². The van der Waals surface area contributed by atoms with Crippen LogP contribution in [-0.2, 0) is 35.3 Å². The number of hydrogen-bond donors (Lipinski definition) is 1. The Hall–Kier alpha value is -3.75. The number of rotatable bonds is 10. The predicted octanol–water partition coefficient (Wildman–Crippen LogP) is 4.84. The van der Waals surface area contributed by atoms with Crippen molar-refractivity contribution in [3.8, 4) is 5.75 Å². The molecule has 3 aromatic carbocycles. The number of fused-ring (bicyclic) bond motifs is 1. The third kappa shape index (κ3) is 6.15. The Morgan fingerprint density at radius 1 is 0.973 bits per heavy atom. The normalized spacial score (nSPS) is 14.2. The Kier molecular flexibility index (Phi) is 7.48. The van der Waals surface area contributed by atoms with Crippen molar-refractivity contribution in [3.05, 3.63) is 119 Å². The lowest BCUT2D eigenvalue weighted by Gasteiger charge is -2.26. The molecular weight excluding hydrogens is 486 g/mol. The van der Waals surface area contributed by atoms with E-state index < -0.39 is 10.0 Å². The molecule has 1 heterocycles. The SMILES string of the molecule is O=C1CCCc2c1ccc(O[C@H](Cn1ccnc1)c1ccccc1)c2CNS(=O)(=O)Cc1ccccc1. The van der Waals surface area contributed by atoms with Crippen LogP contribution in [-0.4, -0.2) is 23.8 Å². The highest BCUT2D eigenvalue weighted by atomic mass is 32.2. The lowest BCUT2D eigenvalue weighted by atomic mass is 9.87. The van der Waals surface area contributed by atoms with Crippen LogP contribution in [0.1, 0.15) is 51.6 Å². The summed E-state index contributed by atoms with van der Waals surface area (Å²) in [7, 11) is -3.61. The van der Waals surface area contributed by atoms with Gasteiger partial charge in [-0.2, -0.15) is 0 Å². The van der Waals surface area contributed by atoms with Crippen LogP contribution in [0.5, 0.6) is 5.75 Å². The van der Waals surface area contributed by atoms with Crippen LogP contribution in [0.2, 0.25) is 0 Å². The topological polar surface area (TPSA) is 90.3 Å². The number of benzene rings is 3. The maximum Gasteiger partial charge on any atom is 0.216 e. The number of aromatic nitrogens is 2. The summed E-state index contributed by atoms with van der Waals surface area (Å²) in [5, 5.41) is 0. The van der Waals surface area contributed by atoms with E-state index in [2.05, 4.69) is 9.71 Å². The van der Waals surface area contributed by atoms with Crippen molar-refractivity contribution in [2.45, 2.75) is 44.2 Å². The summed E-state index contributed by atoms with van der Waals surface area (Å²) < 4.78 is 37.2. The molecule has 5 rings (SSSR count). The van der Waals surface area contributed by atoms with E-state index in [1.165, 1.54) is 0 Å². The second kappa shape index (κ2) is 11.1. The van der Waals surface area contributed by atoms with Crippen LogP contribution in [0, 0.1) is 0 Å². The van der Waals surface area contributed by atoms with E-state index in [9.17, 15) is 13.2 Å². The summed E-state index contributed by atoms with van der Waals surface area (Å²) >= 11 is 0. The smallest absolute Gasteiger partial charge is 0.216 e. The van der Waals surface area contributed by atoms with Gasteiger partial charge in [0.05, 0.1) is 18.6 Å². The van der Waals surface area contributed by atoms with E-state index in [-0.39, 0.29) is 24.2 Å². The number of nitrogens with one attached hydrogen (secondary N) is 1. The highest BCUT2D eigenvalue weighted by Gasteiger charge is 2.25. The first-order chi connectivity index (χ1) is 18.0. The Morgan fingerprint density at radius 3 is 2.46 bits per heavy atom. The highest BCUT2D eigenvalue weighted by Crippen LogP contribution is 2.34. The van der Waals surface area contributed by atoms with Crippen LogP contribution in [0.25, 0.3) is 0 Å². The standard InChI is InChI=1S/C29H29N3O4S/c33-27-13-7-12-24-25(27)14-15-28(26(24)18-31-37(34,35)20-22-8-3-1-4-9-22)36-29(19-32-17-16-30-21-32)23-10-5-2-6-11-23/h1-6,8-11,14-17,21,29,31H,7,12-13,18-20H2/t29-/m1/s1. The van der Waals surface area contributed by atoms with Gasteiger partial charge >= 0.3 is 0 Å². The molecule has 1 aliphatic carbocycles. The van der Waals surface area contributed by atoms with E-state index in [1.807, 2.05) is 65.4 Å². The van der Waals surface area contributed by atoms with Crippen LogP contribution >= 0.6 is 0 Å². The molecule has 1 N–H and O–H groups in total. The van der Waals surface area contributed by atoms with Crippen molar-refractivity contribution in [2.75, 3.05) is 0 Å². The van der Waals surface area contributed by atoms with Gasteiger partial charge in [0.15, 0.2) is 5.78 Å². The van der Waals surface area contributed by atoms with Crippen molar-refractivity contribution >= 4 is 15.8 Å². The zero-order chi connectivity index (χ0) is 25.7. The Balaban J connectivity index is 1.46. The summed E-state index contributed by atoms with van der Waals surface area (Å²) in [6, 6.07) is 22.6. The number of nitrogens with zero attached hydrogens (tertiary/aromatic N) is 2. The van der Waals surface area contributed by atoms with Gasteiger partial charge in [0.2, 0.25) is 10.0 Å². The van der Waals surface area contributed by atoms with Gasteiger partial charge in [-0.3, -0.25) is 4.79 Å². The second-order valence-corrected chi connectivity index (χ2v) is 11.0. The highest BCUT2D eigenvalue weighted by molar-refractivity contribution is 7.88. The van der Waals surface area contributed by atoms with Gasteiger partial charge in [0, 0.05) is 36.5 Å². The van der Waals surface area contributed by atoms with Crippen LogP contribution in [0.3, 0.4) is 0 Å². The first-order valence-corrected chi connectivity index (χ1v) is 14.0. The predicted molar refractivity (Wildman–Crippen MR) is 142 cm³/mol. The zero-order valence-electron chi connectivity index (χ0n) is 20.4. The summed E-state index contributed by atoms with van der Waals surface area (Å²) in [5.41, 5.74) is 3.93.